The zero-order valence-corrected chi connectivity index (χ0v) is 17.3. The molecule has 0 amide bonds. The first-order valence-electron chi connectivity index (χ1n) is 9.49. The molecule has 2 aromatic carbocycles. The van der Waals surface area contributed by atoms with E-state index in [0.717, 1.165) is 5.56 Å². The molecule has 0 radical (unpaired) electrons. The third-order valence-corrected chi connectivity index (χ3v) is 6.56. The van der Waals surface area contributed by atoms with E-state index >= 15 is 0 Å². The van der Waals surface area contributed by atoms with E-state index in [2.05, 4.69) is 4.98 Å². The maximum Gasteiger partial charge on any atom is 0.272 e. The van der Waals surface area contributed by atoms with E-state index in [4.69, 9.17) is 14.2 Å². The van der Waals surface area contributed by atoms with Gasteiger partial charge in [0.1, 0.15) is 18.1 Å². The summed E-state index contributed by atoms with van der Waals surface area (Å²) in [6.07, 6.45) is 0.997. The van der Waals surface area contributed by atoms with Gasteiger partial charge >= 0.3 is 0 Å². The van der Waals surface area contributed by atoms with Crippen LogP contribution in [0.4, 0.5) is 0 Å². The van der Waals surface area contributed by atoms with Crippen molar-refractivity contribution < 1.29 is 23.0 Å². The molecule has 1 aliphatic rings. The molecular weight excluding hydrogens is 404 g/mol. The van der Waals surface area contributed by atoms with Crippen molar-refractivity contribution in [2.75, 3.05) is 20.3 Å². The minimum absolute atomic E-state index is 0.0562. The normalized spacial score (nSPS) is 21.2. The Morgan fingerprint density at radius 1 is 1.10 bits per heavy atom. The fourth-order valence-corrected chi connectivity index (χ4v) is 4.73. The van der Waals surface area contributed by atoms with Crippen molar-refractivity contribution in [1.29, 1.82) is 0 Å². The Labute approximate surface area is 176 Å². The van der Waals surface area contributed by atoms with Crippen LogP contribution in [-0.4, -0.2) is 40.2 Å². The summed E-state index contributed by atoms with van der Waals surface area (Å²) >= 11 is 0. The Morgan fingerprint density at radius 2 is 1.87 bits per heavy atom. The van der Waals surface area contributed by atoms with Crippen LogP contribution in [0.15, 0.2) is 77.8 Å². The van der Waals surface area contributed by atoms with E-state index in [9.17, 15) is 8.76 Å². The number of sulfonamides is 1. The van der Waals surface area contributed by atoms with Crippen LogP contribution in [0.3, 0.4) is 0 Å². The molecule has 2 heterocycles. The molecule has 0 fully saturated rings. The summed E-state index contributed by atoms with van der Waals surface area (Å²) in [5.41, 5.74) is 0.842. The van der Waals surface area contributed by atoms with Gasteiger partial charge in [-0.15, -0.1) is 4.31 Å². The lowest BCUT2D eigenvalue weighted by molar-refractivity contribution is 0.105. The van der Waals surface area contributed by atoms with Crippen molar-refractivity contribution >= 4 is 10.4 Å². The summed E-state index contributed by atoms with van der Waals surface area (Å²) in [6, 6.07) is 19.7. The molecule has 0 bridgehead atoms. The van der Waals surface area contributed by atoms with E-state index in [1.54, 1.807) is 13.2 Å². The van der Waals surface area contributed by atoms with Gasteiger partial charge in [0.15, 0.2) is 16.5 Å². The number of methoxy groups -OCH3 is 1. The number of pyridine rings is 1. The number of benzene rings is 2. The fourth-order valence-electron chi connectivity index (χ4n) is 3.20. The van der Waals surface area contributed by atoms with E-state index in [-0.39, 0.29) is 30.5 Å². The van der Waals surface area contributed by atoms with E-state index in [1.165, 1.54) is 16.6 Å². The van der Waals surface area contributed by atoms with Gasteiger partial charge in [0, 0.05) is 12.3 Å². The van der Waals surface area contributed by atoms with Crippen LogP contribution >= 0.6 is 0 Å². The molecule has 2 atom stereocenters. The maximum atomic E-state index is 13.3. The third kappa shape index (κ3) is 4.46. The summed E-state index contributed by atoms with van der Waals surface area (Å²) in [6.45, 7) is 0.526. The molecule has 0 saturated heterocycles. The average molecular weight is 426 g/mol. The number of nitrogens with zero attached hydrogens (tertiary/aromatic N) is 2. The lowest BCUT2D eigenvalue weighted by Gasteiger charge is -2.26. The second-order valence-electron chi connectivity index (χ2n) is 6.82. The molecule has 7 nitrogen and oxygen atoms in total. The highest BCUT2D eigenvalue weighted by Crippen LogP contribution is 2.33. The van der Waals surface area contributed by atoms with Gasteiger partial charge in [0.2, 0.25) is 4.90 Å². The van der Waals surface area contributed by atoms with Crippen LogP contribution in [0, 0.1) is 0 Å². The second-order valence-corrected chi connectivity index (χ2v) is 8.72. The third-order valence-electron chi connectivity index (χ3n) is 4.74. The first kappa shape index (κ1) is 20.3. The Balaban J connectivity index is 1.60. The summed E-state index contributed by atoms with van der Waals surface area (Å²) in [4.78, 5) is 4.20. The molecule has 0 aliphatic carbocycles. The fraction of sp³-hybridized carbons (Fsp3) is 0.227. The first-order chi connectivity index (χ1) is 14.6. The molecule has 1 aromatic heterocycles. The summed E-state index contributed by atoms with van der Waals surface area (Å²) < 4.78 is 45.0. The number of aromatic nitrogens is 1. The number of rotatable bonds is 6. The predicted molar refractivity (Wildman–Crippen MR) is 111 cm³/mol. The second kappa shape index (κ2) is 8.83. The van der Waals surface area contributed by atoms with Gasteiger partial charge in [-0.3, -0.25) is 0 Å². The Kier molecular flexibility index (Phi) is 5.98. The Morgan fingerprint density at radius 3 is 2.60 bits per heavy atom. The molecule has 156 valence electrons. The number of hydrogen-bond donors (Lipinski definition) is 0. The molecule has 8 heteroatoms. The molecule has 30 heavy (non-hydrogen) atoms. The van der Waals surface area contributed by atoms with Crippen molar-refractivity contribution in [3.05, 3.63) is 78.5 Å². The molecule has 0 N–H and O–H groups in total. The zero-order chi connectivity index (χ0) is 21.0. The number of hydrogen-bond acceptors (Lipinski definition) is 6. The van der Waals surface area contributed by atoms with Crippen molar-refractivity contribution in [1.82, 2.24) is 9.29 Å². The van der Waals surface area contributed by atoms with Crippen LogP contribution in [-0.2, 0) is 21.2 Å². The summed E-state index contributed by atoms with van der Waals surface area (Å²) in [5.74, 6) is 1.50. The van der Waals surface area contributed by atoms with Gasteiger partial charge in [-0.05, 0) is 35.9 Å². The minimum Gasteiger partial charge on any atom is -0.593 e. The molecular formula is C22H22N2O5S. The summed E-state index contributed by atoms with van der Waals surface area (Å²) in [7, 11) is -2.20. The zero-order valence-electron chi connectivity index (χ0n) is 16.5. The first-order valence-corrected chi connectivity index (χ1v) is 10.9. The molecule has 0 spiro atoms. The lowest BCUT2D eigenvalue weighted by Crippen LogP contribution is -2.42. The van der Waals surface area contributed by atoms with E-state index < -0.39 is 16.5 Å². The monoisotopic (exact) mass is 426 g/mol. The molecule has 3 aromatic rings. The highest BCUT2D eigenvalue weighted by molar-refractivity contribution is 7.95. The van der Waals surface area contributed by atoms with Gasteiger partial charge in [0.25, 0.3) is 5.88 Å². The Hall–Kier alpha value is -2.94. The van der Waals surface area contributed by atoms with Crippen molar-refractivity contribution in [3.63, 3.8) is 0 Å². The number of fused-ring (bicyclic) bond motifs is 1. The SMILES string of the molecule is COc1ccc(CN2CC(COc3ccccc3)Oc3ncccc3[S+]2(=O)[O-])cc1. The molecule has 4 rings (SSSR count). The van der Waals surface area contributed by atoms with Crippen molar-refractivity contribution in [2.24, 2.45) is 0 Å². The average Bonchev–Trinajstić information content (AvgIpc) is 2.88. The standard InChI is InChI=1S/C22H22N2O5S/c1-27-18-11-9-17(10-12-18)14-24-15-20(16-28-19-6-3-2-4-7-19)29-22-21(30(24,25)26)8-5-13-23-22/h2-13,20H,14-16H2,1H3. The number of para-hydroxylation sites is 1. The minimum atomic E-state index is -3.79. The number of ether oxygens (including phenoxy) is 3. The van der Waals surface area contributed by atoms with Gasteiger partial charge in [-0.25, -0.2) is 4.98 Å². The van der Waals surface area contributed by atoms with E-state index in [1.807, 2.05) is 54.6 Å². The largest absolute Gasteiger partial charge is 0.593 e. The summed E-state index contributed by atoms with van der Waals surface area (Å²) in [5, 5.41) is 0. The molecule has 2 unspecified atom stereocenters. The molecule has 1 aliphatic heterocycles. The van der Waals surface area contributed by atoms with Gasteiger partial charge < -0.3 is 18.8 Å². The van der Waals surface area contributed by atoms with Crippen LogP contribution < -0.4 is 14.2 Å². The topological polar surface area (TPSA) is 84.0 Å². The lowest BCUT2D eigenvalue weighted by atomic mass is 10.2. The Bertz CT molecular complexity index is 1030. The quantitative estimate of drug-likeness (QED) is 0.562. The highest BCUT2D eigenvalue weighted by atomic mass is 32.3. The van der Waals surface area contributed by atoms with Gasteiger partial charge in [0.05, 0.1) is 20.2 Å². The van der Waals surface area contributed by atoms with E-state index in [0.29, 0.717) is 11.5 Å². The predicted octanol–water partition coefficient (Wildman–Crippen LogP) is 3.34. The van der Waals surface area contributed by atoms with Crippen LogP contribution in [0.25, 0.3) is 0 Å². The van der Waals surface area contributed by atoms with Crippen LogP contribution in [0.1, 0.15) is 5.56 Å². The highest BCUT2D eigenvalue weighted by Gasteiger charge is 2.40. The van der Waals surface area contributed by atoms with Crippen LogP contribution in [0.5, 0.6) is 17.4 Å². The molecule has 0 saturated carbocycles. The van der Waals surface area contributed by atoms with Crippen molar-refractivity contribution in [3.8, 4) is 17.4 Å². The van der Waals surface area contributed by atoms with Crippen molar-refractivity contribution in [2.45, 2.75) is 17.5 Å². The van der Waals surface area contributed by atoms with Gasteiger partial charge in [-0.2, -0.15) is 0 Å². The maximum absolute atomic E-state index is 13.3. The van der Waals surface area contributed by atoms with Crippen LogP contribution in [0.2, 0.25) is 0 Å². The van der Waals surface area contributed by atoms with Gasteiger partial charge in [-0.1, -0.05) is 34.5 Å². The smallest absolute Gasteiger partial charge is 0.272 e.